The summed E-state index contributed by atoms with van der Waals surface area (Å²) in [6, 6.07) is 25.2. The number of fused-ring (bicyclic) bond motifs is 4. The molecule has 322 valence electrons. The maximum atomic E-state index is 14.0. The van der Waals surface area contributed by atoms with Crippen LogP contribution in [0.3, 0.4) is 0 Å². The van der Waals surface area contributed by atoms with Crippen LogP contribution in [0.5, 0.6) is 11.5 Å². The second-order valence-electron chi connectivity index (χ2n) is 14.5. The molecular weight excluding hydrogens is 843 g/mol. The number of carbonyl (C=O) groups is 2. The van der Waals surface area contributed by atoms with E-state index in [2.05, 4.69) is 26.0 Å². The van der Waals surface area contributed by atoms with Gasteiger partial charge >= 0.3 is 11.9 Å². The van der Waals surface area contributed by atoms with Gasteiger partial charge in [0.05, 0.1) is 77.2 Å². The summed E-state index contributed by atoms with van der Waals surface area (Å²) >= 11 is 0. The van der Waals surface area contributed by atoms with Gasteiger partial charge in [0.15, 0.2) is 11.2 Å². The number of aromatic nitrogens is 4. The zero-order valence-corrected chi connectivity index (χ0v) is 34.1. The van der Waals surface area contributed by atoms with Crippen molar-refractivity contribution in [3.63, 3.8) is 0 Å². The zero-order valence-electron chi connectivity index (χ0n) is 34.1. The molecule has 0 spiro atoms. The second kappa shape index (κ2) is 17.5. The Kier molecular flexibility index (Phi) is 11.1. The van der Waals surface area contributed by atoms with E-state index in [1.807, 2.05) is 6.07 Å². The van der Waals surface area contributed by atoms with Gasteiger partial charge in [0, 0.05) is 49.7 Å². The van der Waals surface area contributed by atoms with Crippen molar-refractivity contribution in [3.05, 3.63) is 131 Å². The molecule has 0 amide bonds. The van der Waals surface area contributed by atoms with Crippen molar-refractivity contribution in [1.29, 1.82) is 10.5 Å². The van der Waals surface area contributed by atoms with Crippen LogP contribution in [0.25, 0.3) is 45.1 Å². The molecule has 0 bridgehead atoms. The Morgan fingerprint density at radius 1 is 0.677 bits per heavy atom. The number of rotatable bonds is 6. The molecule has 0 atom stereocenters. The summed E-state index contributed by atoms with van der Waals surface area (Å²) in [5.74, 6) is -0.568. The van der Waals surface area contributed by atoms with E-state index in [1.54, 1.807) is 58.3 Å². The molecule has 2 aliphatic rings. The molecule has 0 saturated carbocycles. The molecule has 18 heteroatoms. The number of aromatic carboxylic acids is 1. The summed E-state index contributed by atoms with van der Waals surface area (Å²) in [6.45, 7) is 1.92. The fraction of sp³-hybridized carbons (Fsp3) is 0.149. The maximum Gasteiger partial charge on any atom is 0.338 e. The lowest BCUT2D eigenvalue weighted by Gasteiger charge is -2.23. The van der Waals surface area contributed by atoms with E-state index in [0.717, 1.165) is 0 Å². The van der Waals surface area contributed by atoms with Gasteiger partial charge in [-0.15, -0.1) is 0 Å². The normalized spacial score (nSPS) is 13.1. The molecule has 16 nitrogen and oxygen atoms in total. The Labute approximate surface area is 367 Å². The Bertz CT molecular complexity index is 3270. The van der Waals surface area contributed by atoms with Gasteiger partial charge in [-0.1, -0.05) is 0 Å². The number of anilines is 4. The van der Waals surface area contributed by atoms with Gasteiger partial charge in [0.25, 0.3) is 0 Å². The van der Waals surface area contributed by atoms with Crippen molar-refractivity contribution in [2.75, 3.05) is 43.2 Å². The molecule has 6 heterocycles. The SMILES string of the molecule is COC(=O)c1cc(N2CCCOc3ccc(F)cc32)ncc1-c1nc2ccc(C#N)cc2o1.N#Cc1ccc2nc(-c3cnc(N4CCCOc5ccc(F)cc54)cc3C(=O)O)oc2c1. The molecule has 0 aliphatic carbocycles. The van der Waals surface area contributed by atoms with Crippen molar-refractivity contribution >= 4 is 57.1 Å². The summed E-state index contributed by atoms with van der Waals surface area (Å²) in [6.07, 6.45) is 4.18. The maximum absolute atomic E-state index is 14.0. The number of methoxy groups -OCH3 is 1. The van der Waals surface area contributed by atoms with Crippen LogP contribution in [0.4, 0.5) is 31.8 Å². The van der Waals surface area contributed by atoms with Crippen LogP contribution in [-0.2, 0) is 4.74 Å². The Balaban J connectivity index is 0.000000164. The summed E-state index contributed by atoms with van der Waals surface area (Å²) in [5, 5.41) is 28.0. The standard InChI is InChI=1S/C24H17FN4O4.C23H15FN4O4/c1-31-24(30)16-11-22(29-7-2-8-32-20-6-4-15(25)10-19(20)29)27-13-17(16)23-28-18-5-3-14(12-26)9-21(18)33-23;24-14-3-5-19-18(9-14)28(6-1-7-31-19)21-10-15(23(29)30)16(12-26-21)22-27-17-4-2-13(11-25)8-20(17)32-22/h3-6,9-11,13H,2,7-8H2,1H3;2-5,8-10,12H,1,6-7H2,(H,29,30). The number of oxazole rings is 2. The topological polar surface area (TPSA) is 214 Å². The van der Waals surface area contributed by atoms with Crippen LogP contribution >= 0.6 is 0 Å². The fourth-order valence-corrected chi connectivity index (χ4v) is 7.37. The summed E-state index contributed by atoms with van der Waals surface area (Å²) < 4.78 is 55.8. The number of hydrogen-bond donors (Lipinski definition) is 1. The van der Waals surface area contributed by atoms with Crippen LogP contribution in [0.2, 0.25) is 0 Å². The third-order valence-corrected chi connectivity index (χ3v) is 10.5. The minimum atomic E-state index is -1.19. The van der Waals surface area contributed by atoms with E-state index in [4.69, 9.17) is 33.6 Å². The average Bonchev–Trinajstić information content (AvgIpc) is 3.82. The zero-order chi connectivity index (χ0) is 45.2. The highest BCUT2D eigenvalue weighted by atomic mass is 19.1. The van der Waals surface area contributed by atoms with Gasteiger partial charge in [-0.3, -0.25) is 0 Å². The quantitative estimate of drug-likeness (QED) is 0.154. The van der Waals surface area contributed by atoms with Crippen LogP contribution in [0.15, 0.2) is 106 Å². The lowest BCUT2D eigenvalue weighted by Crippen LogP contribution is -2.20. The molecule has 2 aliphatic heterocycles. The van der Waals surface area contributed by atoms with E-state index >= 15 is 0 Å². The van der Waals surface area contributed by atoms with Crippen molar-refractivity contribution in [2.45, 2.75) is 12.8 Å². The predicted molar refractivity (Wildman–Crippen MR) is 229 cm³/mol. The van der Waals surface area contributed by atoms with Crippen molar-refractivity contribution < 1.29 is 46.5 Å². The highest BCUT2D eigenvalue weighted by molar-refractivity contribution is 5.98. The molecule has 0 unspecified atom stereocenters. The molecule has 4 aromatic carbocycles. The smallest absolute Gasteiger partial charge is 0.338 e. The summed E-state index contributed by atoms with van der Waals surface area (Å²) in [4.78, 5) is 46.0. The second-order valence-corrected chi connectivity index (χ2v) is 14.5. The molecule has 1 N–H and O–H groups in total. The van der Waals surface area contributed by atoms with E-state index in [9.17, 15) is 23.5 Å². The van der Waals surface area contributed by atoms with Gasteiger partial charge in [-0.25, -0.2) is 38.3 Å². The Morgan fingerprint density at radius 2 is 1.15 bits per heavy atom. The third kappa shape index (κ3) is 8.27. The van der Waals surface area contributed by atoms with Gasteiger partial charge in [-0.2, -0.15) is 10.5 Å². The van der Waals surface area contributed by atoms with Crippen molar-refractivity contribution in [1.82, 2.24) is 19.9 Å². The number of esters is 1. The number of nitrogens with zero attached hydrogens (tertiary/aromatic N) is 8. The Morgan fingerprint density at radius 3 is 1.62 bits per heavy atom. The molecule has 10 rings (SSSR count). The monoisotopic (exact) mass is 874 g/mol. The first-order valence-corrected chi connectivity index (χ1v) is 19.9. The van der Waals surface area contributed by atoms with Crippen LogP contribution < -0.4 is 19.3 Å². The molecule has 8 aromatic rings. The number of hydrogen-bond acceptors (Lipinski definition) is 15. The first-order valence-electron chi connectivity index (χ1n) is 19.9. The van der Waals surface area contributed by atoms with Crippen LogP contribution in [0.1, 0.15) is 44.7 Å². The summed E-state index contributed by atoms with van der Waals surface area (Å²) in [7, 11) is 1.28. The lowest BCUT2D eigenvalue weighted by molar-refractivity contribution is 0.0600. The molecule has 65 heavy (non-hydrogen) atoms. The fourth-order valence-electron chi connectivity index (χ4n) is 7.37. The molecule has 4 aromatic heterocycles. The molecule has 0 saturated heterocycles. The van der Waals surface area contributed by atoms with Gasteiger partial charge in [0.1, 0.15) is 45.8 Å². The van der Waals surface area contributed by atoms with Gasteiger partial charge in [-0.05, 0) is 73.5 Å². The average molecular weight is 875 g/mol. The van der Waals surface area contributed by atoms with E-state index < -0.39 is 23.6 Å². The van der Waals surface area contributed by atoms with Crippen molar-refractivity contribution in [3.8, 4) is 46.5 Å². The summed E-state index contributed by atoms with van der Waals surface area (Å²) in [5.41, 5.74) is 4.31. The largest absolute Gasteiger partial charge is 0.491 e. The first kappa shape index (κ1) is 41.5. The molecular formula is C47H32F2N8O8. The number of carboxylic acid groups (broad SMARTS) is 1. The molecule has 0 radical (unpaired) electrons. The third-order valence-electron chi connectivity index (χ3n) is 10.5. The van der Waals surface area contributed by atoms with Gasteiger partial charge in [0.2, 0.25) is 11.8 Å². The lowest BCUT2D eigenvalue weighted by atomic mass is 10.1. The van der Waals surface area contributed by atoms with Crippen LogP contribution in [0, 0.1) is 34.3 Å². The Hall–Kier alpha value is -8.90. The van der Waals surface area contributed by atoms with Crippen LogP contribution in [-0.4, -0.2) is 70.4 Å². The number of carbonyl (C=O) groups excluding carboxylic acids is 1. The number of nitriles is 2. The first-order chi connectivity index (χ1) is 31.6. The minimum Gasteiger partial charge on any atom is -0.491 e. The van der Waals surface area contributed by atoms with E-state index in [-0.39, 0.29) is 28.5 Å². The van der Waals surface area contributed by atoms with Crippen molar-refractivity contribution in [2.24, 2.45) is 0 Å². The minimum absolute atomic E-state index is 0.0646. The predicted octanol–water partition coefficient (Wildman–Crippen LogP) is 9.13. The number of pyridine rings is 2. The molecule has 0 fully saturated rings. The number of carboxylic acids is 1. The van der Waals surface area contributed by atoms with E-state index in [0.29, 0.717) is 113 Å². The number of halogens is 2. The highest BCUT2D eigenvalue weighted by Gasteiger charge is 2.27. The van der Waals surface area contributed by atoms with E-state index in [1.165, 1.54) is 55.9 Å². The number of ether oxygens (including phenoxy) is 3. The number of benzene rings is 4. The highest BCUT2D eigenvalue weighted by Crippen LogP contribution is 2.39. The van der Waals surface area contributed by atoms with Gasteiger partial charge < -0.3 is 38.0 Å².